The minimum absolute atomic E-state index is 0.0201. The van der Waals surface area contributed by atoms with E-state index in [2.05, 4.69) is 5.43 Å². The van der Waals surface area contributed by atoms with Gasteiger partial charge < -0.3 is 0 Å². The van der Waals surface area contributed by atoms with Gasteiger partial charge in [0.2, 0.25) is 5.92 Å². The quantitative estimate of drug-likeness (QED) is 0.653. The Morgan fingerprint density at radius 3 is 2.47 bits per heavy atom. The van der Waals surface area contributed by atoms with Gasteiger partial charge in [0, 0.05) is 18.9 Å². The summed E-state index contributed by atoms with van der Waals surface area (Å²) < 4.78 is 39.9. The first-order valence-corrected chi connectivity index (χ1v) is 6.53. The van der Waals surface area contributed by atoms with Crippen LogP contribution >= 0.6 is 0 Å². The normalized spacial score (nSPS) is 21.3. The van der Waals surface area contributed by atoms with Gasteiger partial charge in [0.15, 0.2) is 0 Å². The molecule has 2 rings (SSSR count). The van der Waals surface area contributed by atoms with E-state index in [0.29, 0.717) is 18.4 Å². The third-order valence-electron chi connectivity index (χ3n) is 3.97. The van der Waals surface area contributed by atoms with Crippen LogP contribution in [0.25, 0.3) is 0 Å². The van der Waals surface area contributed by atoms with E-state index in [4.69, 9.17) is 5.84 Å². The monoisotopic (exact) mass is 272 g/mol. The molecule has 1 fully saturated rings. The summed E-state index contributed by atoms with van der Waals surface area (Å²) in [6.07, 6.45) is 0.559. The van der Waals surface area contributed by atoms with Crippen LogP contribution in [0.5, 0.6) is 0 Å². The van der Waals surface area contributed by atoms with Crippen molar-refractivity contribution in [2.75, 3.05) is 0 Å². The van der Waals surface area contributed by atoms with Gasteiger partial charge in [-0.15, -0.1) is 0 Å². The van der Waals surface area contributed by atoms with Crippen LogP contribution in [-0.4, -0.2) is 5.92 Å². The lowest BCUT2D eigenvalue weighted by molar-refractivity contribution is -0.0498. The Labute approximate surface area is 111 Å². The summed E-state index contributed by atoms with van der Waals surface area (Å²) in [6, 6.07) is 4.65. The number of halogens is 3. The Morgan fingerprint density at radius 2 is 1.95 bits per heavy atom. The zero-order chi connectivity index (χ0) is 14.0. The number of hydrogen-bond donors (Lipinski definition) is 2. The minimum Gasteiger partial charge on any atom is -0.271 e. The summed E-state index contributed by atoms with van der Waals surface area (Å²) >= 11 is 0. The highest BCUT2D eigenvalue weighted by molar-refractivity contribution is 5.26. The van der Waals surface area contributed by atoms with Crippen molar-refractivity contribution in [1.82, 2.24) is 5.43 Å². The molecule has 19 heavy (non-hydrogen) atoms. The van der Waals surface area contributed by atoms with Crippen LogP contribution in [0.2, 0.25) is 0 Å². The van der Waals surface area contributed by atoms with Crippen LogP contribution in [0.1, 0.15) is 42.9 Å². The summed E-state index contributed by atoms with van der Waals surface area (Å²) in [5.41, 5.74) is 3.94. The molecule has 106 valence electrons. The average molecular weight is 272 g/mol. The number of hydrogen-bond acceptors (Lipinski definition) is 2. The Hall–Kier alpha value is -1.07. The van der Waals surface area contributed by atoms with Crippen molar-refractivity contribution < 1.29 is 13.2 Å². The molecule has 0 spiro atoms. The molecule has 2 nitrogen and oxygen atoms in total. The second kappa shape index (κ2) is 5.51. The van der Waals surface area contributed by atoms with Crippen molar-refractivity contribution in [3.05, 3.63) is 35.1 Å². The molecule has 5 heteroatoms. The fraction of sp³-hybridized carbons (Fsp3) is 0.571. The van der Waals surface area contributed by atoms with Crippen molar-refractivity contribution in [3.8, 4) is 0 Å². The van der Waals surface area contributed by atoms with Crippen molar-refractivity contribution in [3.63, 3.8) is 0 Å². The highest BCUT2D eigenvalue weighted by Crippen LogP contribution is 2.41. The van der Waals surface area contributed by atoms with E-state index >= 15 is 0 Å². The lowest BCUT2D eigenvalue weighted by Gasteiger charge is -2.33. The van der Waals surface area contributed by atoms with E-state index in [0.717, 1.165) is 5.56 Å². The first-order valence-electron chi connectivity index (χ1n) is 6.53. The fourth-order valence-corrected chi connectivity index (χ4v) is 2.70. The number of benzene rings is 1. The number of rotatable bonds is 3. The second-order valence-corrected chi connectivity index (χ2v) is 5.35. The van der Waals surface area contributed by atoms with Crippen LogP contribution in [0.4, 0.5) is 13.2 Å². The molecular formula is C14H19F3N2. The van der Waals surface area contributed by atoms with Crippen LogP contribution in [-0.2, 0) is 0 Å². The molecule has 0 aromatic heterocycles. The van der Waals surface area contributed by atoms with E-state index in [1.807, 2.05) is 0 Å². The lowest BCUT2D eigenvalue weighted by atomic mass is 9.80. The maximum atomic E-state index is 13.6. The molecule has 1 aliphatic rings. The minimum atomic E-state index is -2.56. The molecule has 0 aliphatic heterocycles. The molecule has 1 unspecified atom stereocenters. The standard InChI is InChI=1S/C14H19F3N2/c1-9-2-3-11(8-12(9)15)13(19-18)10-4-6-14(16,17)7-5-10/h2-3,8,10,13,19H,4-7,18H2,1H3. The summed E-state index contributed by atoms with van der Waals surface area (Å²) in [7, 11) is 0. The Morgan fingerprint density at radius 1 is 1.32 bits per heavy atom. The van der Waals surface area contributed by atoms with Gasteiger partial charge in [-0.25, -0.2) is 13.2 Å². The molecule has 0 saturated heterocycles. The van der Waals surface area contributed by atoms with Gasteiger partial charge in [-0.1, -0.05) is 12.1 Å². The number of aryl methyl sites for hydroxylation is 1. The molecular weight excluding hydrogens is 253 g/mol. The summed E-state index contributed by atoms with van der Waals surface area (Å²) in [6.45, 7) is 1.69. The SMILES string of the molecule is Cc1ccc(C(NN)C2CCC(F)(F)CC2)cc1F. The third kappa shape index (κ3) is 3.28. The zero-order valence-electron chi connectivity index (χ0n) is 10.9. The number of hydrazine groups is 1. The topological polar surface area (TPSA) is 38.0 Å². The maximum Gasteiger partial charge on any atom is 0.248 e. The predicted octanol–water partition coefficient (Wildman–Crippen LogP) is 3.46. The highest BCUT2D eigenvalue weighted by atomic mass is 19.3. The van der Waals surface area contributed by atoms with E-state index in [9.17, 15) is 13.2 Å². The molecule has 0 radical (unpaired) electrons. The second-order valence-electron chi connectivity index (χ2n) is 5.35. The van der Waals surface area contributed by atoms with E-state index < -0.39 is 5.92 Å². The fourth-order valence-electron chi connectivity index (χ4n) is 2.70. The van der Waals surface area contributed by atoms with Gasteiger partial charge in [-0.2, -0.15) is 0 Å². The van der Waals surface area contributed by atoms with Crippen molar-refractivity contribution in [1.29, 1.82) is 0 Å². The smallest absolute Gasteiger partial charge is 0.248 e. The Balaban J connectivity index is 2.14. The van der Waals surface area contributed by atoms with Gasteiger partial charge in [0.1, 0.15) is 5.82 Å². The first-order chi connectivity index (χ1) is 8.93. The maximum absolute atomic E-state index is 13.6. The van der Waals surface area contributed by atoms with Crippen molar-refractivity contribution in [2.24, 2.45) is 11.8 Å². The van der Waals surface area contributed by atoms with Gasteiger partial charge in [0.05, 0.1) is 0 Å². The zero-order valence-corrected chi connectivity index (χ0v) is 10.9. The molecule has 1 aromatic rings. The summed E-state index contributed by atoms with van der Waals surface area (Å²) in [4.78, 5) is 0. The molecule has 1 aromatic carbocycles. The highest BCUT2D eigenvalue weighted by Gasteiger charge is 2.37. The van der Waals surface area contributed by atoms with Crippen LogP contribution < -0.4 is 11.3 Å². The molecule has 1 atom stereocenters. The van der Waals surface area contributed by atoms with E-state index in [1.54, 1.807) is 19.1 Å². The summed E-state index contributed by atoms with van der Waals surface area (Å²) in [5.74, 6) is 2.70. The average Bonchev–Trinajstić information content (AvgIpc) is 2.36. The van der Waals surface area contributed by atoms with Gasteiger partial charge in [-0.3, -0.25) is 11.3 Å². The Kier molecular flexibility index (Phi) is 4.16. The number of nitrogens with two attached hydrogens (primary N) is 1. The summed E-state index contributed by atoms with van der Waals surface area (Å²) in [5, 5.41) is 0. The van der Waals surface area contributed by atoms with Gasteiger partial charge in [-0.05, 0) is 42.9 Å². The molecule has 1 saturated carbocycles. The van der Waals surface area contributed by atoms with E-state index in [-0.39, 0.29) is 30.6 Å². The van der Waals surface area contributed by atoms with Gasteiger partial charge in [0.25, 0.3) is 0 Å². The molecule has 0 heterocycles. The number of alkyl halides is 2. The van der Waals surface area contributed by atoms with Gasteiger partial charge >= 0.3 is 0 Å². The van der Waals surface area contributed by atoms with Crippen LogP contribution in [0.15, 0.2) is 18.2 Å². The lowest BCUT2D eigenvalue weighted by Crippen LogP contribution is -2.37. The predicted molar refractivity (Wildman–Crippen MR) is 68.1 cm³/mol. The Bertz CT molecular complexity index is 438. The number of nitrogens with one attached hydrogen (secondary N) is 1. The van der Waals surface area contributed by atoms with Crippen LogP contribution in [0, 0.1) is 18.7 Å². The molecule has 3 N–H and O–H groups in total. The first kappa shape index (κ1) is 14.3. The molecule has 1 aliphatic carbocycles. The largest absolute Gasteiger partial charge is 0.271 e. The molecule has 0 bridgehead atoms. The third-order valence-corrected chi connectivity index (χ3v) is 3.97. The van der Waals surface area contributed by atoms with Crippen LogP contribution in [0.3, 0.4) is 0 Å². The van der Waals surface area contributed by atoms with Crippen molar-refractivity contribution >= 4 is 0 Å². The van der Waals surface area contributed by atoms with Crippen molar-refractivity contribution in [2.45, 2.75) is 44.6 Å². The van der Waals surface area contributed by atoms with E-state index in [1.165, 1.54) is 6.07 Å². The molecule has 0 amide bonds.